The maximum atomic E-state index is 11.8. The molecule has 0 radical (unpaired) electrons. The van der Waals surface area contributed by atoms with Crippen molar-refractivity contribution >= 4 is 17.6 Å². The van der Waals surface area contributed by atoms with Gasteiger partial charge in [-0.05, 0) is 37.6 Å². The van der Waals surface area contributed by atoms with Crippen LogP contribution >= 0.6 is 0 Å². The van der Waals surface area contributed by atoms with Crippen molar-refractivity contribution in [2.24, 2.45) is 0 Å². The van der Waals surface area contributed by atoms with Crippen LogP contribution in [0.1, 0.15) is 32.2 Å². The fraction of sp³-hybridized carbons (Fsp3) is 0.154. The molecule has 0 aliphatic heterocycles. The Balaban J connectivity index is 2.18. The van der Waals surface area contributed by atoms with Crippen molar-refractivity contribution in [1.29, 1.82) is 0 Å². The molecule has 0 fully saturated rings. The van der Waals surface area contributed by atoms with E-state index in [1.54, 1.807) is 19.9 Å². The number of aryl methyl sites for hydroxylation is 2. The molecule has 0 bridgehead atoms. The lowest BCUT2D eigenvalue weighted by molar-refractivity contribution is 0.0696. The molecule has 0 atom stereocenters. The van der Waals surface area contributed by atoms with E-state index in [2.05, 4.69) is 10.5 Å². The van der Waals surface area contributed by atoms with Crippen LogP contribution in [0.3, 0.4) is 0 Å². The minimum atomic E-state index is -0.999. The Morgan fingerprint density at radius 1 is 1.26 bits per heavy atom. The van der Waals surface area contributed by atoms with Gasteiger partial charge in [-0.25, -0.2) is 4.79 Å². The number of aromatic nitrogens is 1. The quantitative estimate of drug-likeness (QED) is 0.882. The number of nitrogens with one attached hydrogen (secondary N) is 1. The van der Waals surface area contributed by atoms with E-state index in [4.69, 9.17) is 9.63 Å². The van der Waals surface area contributed by atoms with Gasteiger partial charge >= 0.3 is 5.97 Å². The highest BCUT2D eigenvalue weighted by Gasteiger charge is 2.13. The minimum absolute atomic E-state index is 0.109. The third-order valence-electron chi connectivity index (χ3n) is 2.57. The molecule has 1 heterocycles. The van der Waals surface area contributed by atoms with Gasteiger partial charge in [-0.2, -0.15) is 0 Å². The van der Waals surface area contributed by atoms with Crippen LogP contribution in [0.5, 0.6) is 0 Å². The molecule has 1 aromatic carbocycles. The summed E-state index contributed by atoms with van der Waals surface area (Å²) >= 11 is 0. The van der Waals surface area contributed by atoms with Crippen LogP contribution in [0.2, 0.25) is 0 Å². The van der Waals surface area contributed by atoms with Crippen molar-refractivity contribution in [1.82, 2.24) is 5.16 Å². The van der Waals surface area contributed by atoms with E-state index in [0.717, 1.165) is 0 Å². The van der Waals surface area contributed by atoms with E-state index < -0.39 is 11.9 Å². The molecule has 0 aliphatic rings. The molecule has 6 nitrogen and oxygen atoms in total. The van der Waals surface area contributed by atoms with Gasteiger partial charge in [-0.15, -0.1) is 0 Å². The van der Waals surface area contributed by atoms with E-state index >= 15 is 0 Å². The Kier molecular flexibility index (Phi) is 3.33. The largest absolute Gasteiger partial charge is 0.478 e. The SMILES string of the molecule is Cc1cc(C(=O)Nc2ccc(C(=O)O)c(C)c2)on1. The van der Waals surface area contributed by atoms with Crippen molar-refractivity contribution in [3.63, 3.8) is 0 Å². The topological polar surface area (TPSA) is 92.4 Å². The van der Waals surface area contributed by atoms with Crippen LogP contribution < -0.4 is 5.32 Å². The number of carboxylic acid groups (broad SMARTS) is 1. The van der Waals surface area contributed by atoms with Gasteiger partial charge in [0.1, 0.15) is 0 Å². The monoisotopic (exact) mass is 260 g/mol. The number of rotatable bonds is 3. The van der Waals surface area contributed by atoms with Gasteiger partial charge < -0.3 is 14.9 Å². The van der Waals surface area contributed by atoms with Crippen LogP contribution in [0.15, 0.2) is 28.8 Å². The smallest absolute Gasteiger partial charge is 0.335 e. The first-order valence-corrected chi connectivity index (χ1v) is 5.56. The molecule has 0 aliphatic carbocycles. The Bertz CT molecular complexity index is 646. The zero-order chi connectivity index (χ0) is 14.0. The summed E-state index contributed by atoms with van der Waals surface area (Å²) in [6, 6.07) is 6.08. The van der Waals surface area contributed by atoms with E-state index in [-0.39, 0.29) is 11.3 Å². The fourth-order valence-corrected chi connectivity index (χ4v) is 1.64. The lowest BCUT2D eigenvalue weighted by Crippen LogP contribution is -2.11. The maximum absolute atomic E-state index is 11.8. The molecule has 98 valence electrons. The summed E-state index contributed by atoms with van der Waals surface area (Å²) in [5.41, 5.74) is 1.89. The average molecular weight is 260 g/mol. The number of amides is 1. The second-order valence-corrected chi connectivity index (χ2v) is 4.12. The first kappa shape index (κ1) is 12.8. The summed E-state index contributed by atoms with van der Waals surface area (Å²) in [6.45, 7) is 3.38. The van der Waals surface area contributed by atoms with E-state index in [0.29, 0.717) is 16.9 Å². The predicted octanol–water partition coefficient (Wildman–Crippen LogP) is 2.24. The zero-order valence-corrected chi connectivity index (χ0v) is 10.4. The lowest BCUT2D eigenvalue weighted by Gasteiger charge is -2.06. The van der Waals surface area contributed by atoms with Crippen molar-refractivity contribution in [2.45, 2.75) is 13.8 Å². The molecule has 6 heteroatoms. The normalized spacial score (nSPS) is 10.2. The number of benzene rings is 1. The number of aromatic carboxylic acids is 1. The van der Waals surface area contributed by atoms with Gasteiger partial charge in [-0.3, -0.25) is 4.79 Å². The van der Waals surface area contributed by atoms with Crippen LogP contribution in [-0.4, -0.2) is 22.1 Å². The molecule has 0 saturated carbocycles. The average Bonchev–Trinajstić information content (AvgIpc) is 2.75. The highest BCUT2D eigenvalue weighted by Crippen LogP contribution is 2.16. The molecule has 2 aromatic rings. The summed E-state index contributed by atoms with van der Waals surface area (Å²) in [7, 11) is 0. The second-order valence-electron chi connectivity index (χ2n) is 4.12. The third kappa shape index (κ3) is 2.79. The highest BCUT2D eigenvalue weighted by molar-refractivity contribution is 6.02. The standard InChI is InChI=1S/C13H12N2O4/c1-7-5-9(3-4-10(7)13(17)18)14-12(16)11-6-8(2)15-19-11/h3-6H,1-2H3,(H,14,16)(H,17,18). The predicted molar refractivity (Wildman–Crippen MR) is 67.3 cm³/mol. The molecule has 19 heavy (non-hydrogen) atoms. The molecular weight excluding hydrogens is 248 g/mol. The van der Waals surface area contributed by atoms with Gasteiger partial charge in [0.25, 0.3) is 5.91 Å². The molecule has 2 N–H and O–H groups in total. The van der Waals surface area contributed by atoms with E-state index in [1.165, 1.54) is 18.2 Å². The van der Waals surface area contributed by atoms with Gasteiger partial charge in [0.2, 0.25) is 5.76 Å². The fourth-order valence-electron chi connectivity index (χ4n) is 1.64. The van der Waals surface area contributed by atoms with Gasteiger partial charge in [0, 0.05) is 11.8 Å². The number of nitrogens with zero attached hydrogens (tertiary/aromatic N) is 1. The maximum Gasteiger partial charge on any atom is 0.335 e. The summed E-state index contributed by atoms with van der Waals surface area (Å²) in [5.74, 6) is -1.32. The first-order valence-electron chi connectivity index (χ1n) is 5.56. The van der Waals surface area contributed by atoms with Crippen molar-refractivity contribution in [2.75, 3.05) is 5.32 Å². The van der Waals surface area contributed by atoms with Crippen LogP contribution in [-0.2, 0) is 0 Å². The third-order valence-corrected chi connectivity index (χ3v) is 2.57. The zero-order valence-electron chi connectivity index (χ0n) is 10.4. The van der Waals surface area contributed by atoms with Gasteiger partial charge in [-0.1, -0.05) is 5.16 Å². The van der Waals surface area contributed by atoms with Gasteiger partial charge in [0.05, 0.1) is 11.3 Å². The Morgan fingerprint density at radius 3 is 2.53 bits per heavy atom. The number of carbonyl (C=O) groups is 2. The number of hydrogen-bond donors (Lipinski definition) is 2. The molecule has 0 saturated heterocycles. The number of anilines is 1. The summed E-state index contributed by atoms with van der Waals surface area (Å²) in [6.07, 6.45) is 0. The van der Waals surface area contributed by atoms with Gasteiger partial charge in [0.15, 0.2) is 0 Å². The Morgan fingerprint density at radius 2 is 2.00 bits per heavy atom. The highest BCUT2D eigenvalue weighted by atomic mass is 16.5. The second kappa shape index (κ2) is 4.93. The Labute approximate surface area is 109 Å². The Hall–Kier alpha value is -2.63. The molecule has 2 rings (SSSR count). The van der Waals surface area contributed by atoms with Crippen LogP contribution in [0.25, 0.3) is 0 Å². The number of carbonyl (C=O) groups excluding carboxylic acids is 1. The summed E-state index contributed by atoms with van der Waals surface area (Å²) in [4.78, 5) is 22.7. The van der Waals surface area contributed by atoms with Crippen LogP contribution in [0.4, 0.5) is 5.69 Å². The number of carboxylic acids is 1. The number of hydrogen-bond acceptors (Lipinski definition) is 4. The van der Waals surface area contributed by atoms with Crippen molar-refractivity contribution < 1.29 is 19.2 Å². The molecule has 1 amide bonds. The van der Waals surface area contributed by atoms with E-state index in [9.17, 15) is 9.59 Å². The summed E-state index contributed by atoms with van der Waals surface area (Å²) in [5, 5.41) is 15.1. The molecule has 1 aromatic heterocycles. The van der Waals surface area contributed by atoms with Crippen molar-refractivity contribution in [3.8, 4) is 0 Å². The van der Waals surface area contributed by atoms with Crippen LogP contribution in [0, 0.1) is 13.8 Å². The minimum Gasteiger partial charge on any atom is -0.478 e. The summed E-state index contributed by atoms with van der Waals surface area (Å²) < 4.78 is 4.83. The lowest BCUT2D eigenvalue weighted by atomic mass is 10.1. The molecule has 0 spiro atoms. The molecular formula is C13H12N2O4. The van der Waals surface area contributed by atoms with Crippen molar-refractivity contribution in [3.05, 3.63) is 46.8 Å². The first-order chi connectivity index (χ1) is 8.97. The van der Waals surface area contributed by atoms with E-state index in [1.807, 2.05) is 0 Å². The molecule has 0 unspecified atom stereocenters.